The molecule has 0 radical (unpaired) electrons. The van der Waals surface area contributed by atoms with Crippen LogP contribution < -0.4 is 0 Å². The van der Waals surface area contributed by atoms with E-state index in [9.17, 15) is 4.55 Å². The summed E-state index contributed by atoms with van der Waals surface area (Å²) < 4.78 is 13.6. The molecule has 0 saturated heterocycles. The highest BCUT2D eigenvalue weighted by Crippen LogP contribution is 2.14. The fourth-order valence-electron chi connectivity index (χ4n) is 0.990. The third kappa shape index (κ3) is 1.70. The minimum atomic E-state index is -1.13. The fraction of sp³-hybridized carbons (Fsp3) is 0.143. The van der Waals surface area contributed by atoms with Gasteiger partial charge in [-0.3, -0.25) is 0 Å². The van der Waals surface area contributed by atoms with Crippen LogP contribution in [0.5, 0.6) is 0 Å². The molecule has 6 heteroatoms. The van der Waals surface area contributed by atoms with E-state index in [0.29, 0.717) is 5.16 Å². The Morgan fingerprint density at radius 2 is 2.38 bits per heavy atom. The molecule has 2 heterocycles. The van der Waals surface area contributed by atoms with Crippen LogP contribution in [0.25, 0.3) is 5.52 Å². The first-order valence-corrected chi connectivity index (χ1v) is 5.86. The molecule has 0 aromatic carbocycles. The number of fused-ring (bicyclic) bond motifs is 1. The second-order valence-corrected chi connectivity index (χ2v) is 4.71. The zero-order chi connectivity index (χ0) is 9.42. The van der Waals surface area contributed by atoms with Crippen molar-refractivity contribution in [1.29, 1.82) is 0 Å². The lowest BCUT2D eigenvalue weighted by Gasteiger charge is -2.00. The topological polar surface area (TPSA) is 53.2 Å². The van der Waals surface area contributed by atoms with Crippen LogP contribution in [0.2, 0.25) is 0 Å². The quantitative estimate of drug-likeness (QED) is 0.724. The first kappa shape index (κ1) is 8.98. The molecule has 1 unspecified atom stereocenters. The molecule has 1 atom stereocenters. The Bertz CT molecular complexity index is 442. The third-order valence-corrected chi connectivity index (χ3v) is 2.69. The van der Waals surface area contributed by atoms with Crippen LogP contribution >= 0.6 is 15.9 Å². The Balaban J connectivity index is 2.61. The van der Waals surface area contributed by atoms with Gasteiger partial charge in [-0.15, -0.1) is 0 Å². The van der Waals surface area contributed by atoms with Crippen LogP contribution in [0, 0.1) is 0 Å². The van der Waals surface area contributed by atoms with Crippen molar-refractivity contribution in [3.05, 3.63) is 22.9 Å². The van der Waals surface area contributed by atoms with Crippen LogP contribution in [0.1, 0.15) is 0 Å². The lowest BCUT2D eigenvalue weighted by Crippen LogP contribution is -2.06. The molecular weight excluding hydrogens is 254 g/mol. The van der Waals surface area contributed by atoms with Crippen molar-refractivity contribution >= 4 is 32.6 Å². The minimum Gasteiger partial charge on any atom is -0.609 e. The summed E-state index contributed by atoms with van der Waals surface area (Å²) in [5.41, 5.74) is 0.876. The molecular formula is C7H6BrN3OS. The number of nitrogens with zero attached hydrogens (tertiary/aromatic N) is 3. The van der Waals surface area contributed by atoms with Crippen molar-refractivity contribution in [3.63, 3.8) is 0 Å². The van der Waals surface area contributed by atoms with Crippen LogP contribution in [0.3, 0.4) is 0 Å². The Hall–Kier alpha value is -0.590. The average molecular weight is 260 g/mol. The normalized spacial score (nSPS) is 13.5. The predicted molar refractivity (Wildman–Crippen MR) is 53.0 cm³/mol. The summed E-state index contributed by atoms with van der Waals surface area (Å²) in [7, 11) is 0. The first-order valence-electron chi connectivity index (χ1n) is 3.51. The van der Waals surface area contributed by atoms with E-state index in [1.165, 1.54) is 0 Å². The molecule has 0 saturated carbocycles. The first-order chi connectivity index (χ1) is 6.16. The Kier molecular flexibility index (Phi) is 2.27. The zero-order valence-corrected chi connectivity index (χ0v) is 9.17. The van der Waals surface area contributed by atoms with Crippen molar-refractivity contribution in [2.75, 3.05) is 6.26 Å². The van der Waals surface area contributed by atoms with Crippen molar-refractivity contribution in [1.82, 2.24) is 14.6 Å². The molecule has 0 spiro atoms. The monoisotopic (exact) mass is 259 g/mol. The lowest BCUT2D eigenvalue weighted by molar-refractivity contribution is 0.586. The molecule has 13 heavy (non-hydrogen) atoms. The highest BCUT2D eigenvalue weighted by atomic mass is 79.9. The van der Waals surface area contributed by atoms with Crippen molar-refractivity contribution < 1.29 is 4.55 Å². The third-order valence-electron chi connectivity index (χ3n) is 1.55. The molecule has 2 rings (SSSR count). The highest BCUT2D eigenvalue weighted by Gasteiger charge is 2.09. The Morgan fingerprint density at radius 3 is 3.08 bits per heavy atom. The summed E-state index contributed by atoms with van der Waals surface area (Å²) in [6, 6.07) is 1.89. The van der Waals surface area contributed by atoms with Gasteiger partial charge < -0.3 is 4.55 Å². The number of halogens is 1. The molecule has 0 N–H and O–H groups in total. The lowest BCUT2D eigenvalue weighted by atomic mass is 10.5. The van der Waals surface area contributed by atoms with Gasteiger partial charge in [-0.1, -0.05) is 5.10 Å². The van der Waals surface area contributed by atoms with Gasteiger partial charge >= 0.3 is 5.16 Å². The summed E-state index contributed by atoms with van der Waals surface area (Å²) in [4.78, 5) is 3.97. The van der Waals surface area contributed by atoms with Crippen LogP contribution in [-0.4, -0.2) is 25.4 Å². The smallest absolute Gasteiger partial charge is 0.359 e. The second-order valence-electron chi connectivity index (χ2n) is 2.52. The van der Waals surface area contributed by atoms with Crippen LogP contribution in [0.15, 0.2) is 28.1 Å². The molecule has 2 aromatic heterocycles. The number of aromatic nitrogens is 3. The summed E-state index contributed by atoms with van der Waals surface area (Å²) in [6.45, 7) is 0. The van der Waals surface area contributed by atoms with E-state index in [1.54, 1.807) is 23.2 Å². The van der Waals surface area contributed by atoms with E-state index >= 15 is 0 Å². The average Bonchev–Trinajstić information content (AvgIpc) is 2.42. The Morgan fingerprint density at radius 1 is 1.62 bits per heavy atom. The number of hydrogen-bond donors (Lipinski definition) is 0. The maximum Gasteiger partial charge on any atom is 0.359 e. The fourth-order valence-corrected chi connectivity index (χ4v) is 1.82. The molecule has 2 aromatic rings. The van der Waals surface area contributed by atoms with E-state index in [-0.39, 0.29) is 0 Å². The molecule has 4 nitrogen and oxygen atoms in total. The number of hydrogen-bond acceptors (Lipinski definition) is 3. The van der Waals surface area contributed by atoms with Gasteiger partial charge in [0.25, 0.3) is 0 Å². The van der Waals surface area contributed by atoms with Gasteiger partial charge in [-0.05, 0) is 22.0 Å². The van der Waals surface area contributed by atoms with Crippen molar-refractivity contribution in [2.45, 2.75) is 5.16 Å². The molecule has 0 amide bonds. The van der Waals surface area contributed by atoms with Crippen LogP contribution in [-0.2, 0) is 11.2 Å². The maximum absolute atomic E-state index is 11.1. The minimum absolute atomic E-state index is 0.343. The van der Waals surface area contributed by atoms with Gasteiger partial charge in [0, 0.05) is 21.8 Å². The summed E-state index contributed by atoms with van der Waals surface area (Å²) >= 11 is 2.19. The van der Waals surface area contributed by atoms with E-state index < -0.39 is 11.2 Å². The SMILES string of the molecule is C[S+]([O-])c1ncc2cc(Br)cn2n1. The second kappa shape index (κ2) is 3.28. The standard InChI is InChI=1S/C7H6BrN3OS/c1-13(12)7-9-3-6-2-5(8)4-11(6)10-7/h2-4H,1H3. The van der Waals surface area contributed by atoms with Gasteiger partial charge in [0.1, 0.15) is 6.26 Å². The molecule has 68 valence electrons. The van der Waals surface area contributed by atoms with E-state index in [0.717, 1.165) is 9.99 Å². The number of rotatable bonds is 1. The molecule has 0 fully saturated rings. The van der Waals surface area contributed by atoms with E-state index in [1.807, 2.05) is 6.07 Å². The molecule has 0 aliphatic rings. The predicted octanol–water partition coefficient (Wildman–Crippen LogP) is 1.23. The van der Waals surface area contributed by atoms with Gasteiger partial charge in [-0.25, -0.2) is 4.52 Å². The van der Waals surface area contributed by atoms with Crippen molar-refractivity contribution in [3.8, 4) is 0 Å². The summed E-state index contributed by atoms with van der Waals surface area (Å²) in [5.74, 6) is 0. The summed E-state index contributed by atoms with van der Waals surface area (Å²) in [6.07, 6.45) is 5.00. The van der Waals surface area contributed by atoms with Gasteiger partial charge in [0.15, 0.2) is 0 Å². The highest BCUT2D eigenvalue weighted by molar-refractivity contribution is 9.10. The van der Waals surface area contributed by atoms with E-state index in [2.05, 4.69) is 26.0 Å². The molecule has 0 aliphatic carbocycles. The zero-order valence-electron chi connectivity index (χ0n) is 6.77. The molecule has 0 bridgehead atoms. The maximum atomic E-state index is 11.1. The van der Waals surface area contributed by atoms with Crippen molar-refractivity contribution in [2.24, 2.45) is 0 Å². The largest absolute Gasteiger partial charge is 0.609 e. The summed E-state index contributed by atoms with van der Waals surface area (Å²) in [5, 5.41) is 4.41. The molecule has 0 aliphatic heterocycles. The van der Waals surface area contributed by atoms with Gasteiger partial charge in [0.05, 0.1) is 11.7 Å². The van der Waals surface area contributed by atoms with E-state index in [4.69, 9.17) is 0 Å². The Labute approximate surface area is 86.3 Å². The van der Waals surface area contributed by atoms with Crippen LogP contribution in [0.4, 0.5) is 0 Å². The van der Waals surface area contributed by atoms with Gasteiger partial charge in [-0.2, -0.15) is 4.98 Å². The van der Waals surface area contributed by atoms with Gasteiger partial charge in [0.2, 0.25) is 0 Å².